The first kappa shape index (κ1) is 22.1. The van der Waals surface area contributed by atoms with Crippen LogP contribution in [0.2, 0.25) is 0 Å². The molecular weight excluding hydrogens is 428 g/mol. The van der Waals surface area contributed by atoms with E-state index in [4.69, 9.17) is 4.74 Å². The number of nitrogens with zero attached hydrogens (tertiary/aromatic N) is 1. The SMILES string of the molecule is O=C(COC(=O)CN1C(=O)[C@@H]2CCCC[C@H]2C1=O)Nc1ccccc1Sc1ccccc1. The second-order valence-electron chi connectivity index (χ2n) is 7.88. The van der Waals surface area contributed by atoms with Gasteiger partial charge in [0.2, 0.25) is 11.8 Å². The van der Waals surface area contributed by atoms with E-state index in [9.17, 15) is 19.2 Å². The first-order chi connectivity index (χ1) is 15.5. The number of anilines is 1. The average molecular weight is 453 g/mol. The molecule has 32 heavy (non-hydrogen) atoms. The van der Waals surface area contributed by atoms with Gasteiger partial charge in [0.15, 0.2) is 6.61 Å². The topological polar surface area (TPSA) is 92.8 Å². The number of esters is 1. The van der Waals surface area contributed by atoms with Gasteiger partial charge in [0.25, 0.3) is 5.91 Å². The van der Waals surface area contributed by atoms with Crippen LogP contribution in [0.5, 0.6) is 0 Å². The normalized spacial score (nSPS) is 20.1. The van der Waals surface area contributed by atoms with Crippen LogP contribution in [0.25, 0.3) is 0 Å². The molecule has 4 rings (SSSR count). The summed E-state index contributed by atoms with van der Waals surface area (Å²) in [7, 11) is 0. The lowest BCUT2D eigenvalue weighted by Gasteiger charge is -2.19. The first-order valence-corrected chi connectivity index (χ1v) is 11.5. The Morgan fingerprint density at radius 2 is 1.56 bits per heavy atom. The molecular formula is C24H24N2O5S. The number of nitrogens with one attached hydrogen (secondary N) is 1. The Morgan fingerprint density at radius 3 is 2.25 bits per heavy atom. The van der Waals surface area contributed by atoms with Gasteiger partial charge in [-0.3, -0.25) is 24.1 Å². The van der Waals surface area contributed by atoms with Crippen LogP contribution in [0.3, 0.4) is 0 Å². The van der Waals surface area contributed by atoms with Crippen LogP contribution in [-0.2, 0) is 23.9 Å². The number of carbonyl (C=O) groups excluding carboxylic acids is 4. The molecule has 8 heteroatoms. The molecule has 1 saturated carbocycles. The summed E-state index contributed by atoms with van der Waals surface area (Å²) in [5, 5.41) is 2.75. The number of hydrogen-bond donors (Lipinski definition) is 1. The van der Waals surface area contributed by atoms with Gasteiger partial charge < -0.3 is 10.1 Å². The molecule has 7 nitrogen and oxygen atoms in total. The van der Waals surface area contributed by atoms with Crippen molar-refractivity contribution < 1.29 is 23.9 Å². The molecule has 0 unspecified atom stereocenters. The second kappa shape index (κ2) is 9.99. The van der Waals surface area contributed by atoms with E-state index < -0.39 is 25.0 Å². The Balaban J connectivity index is 1.30. The van der Waals surface area contributed by atoms with Crippen LogP contribution in [0, 0.1) is 11.8 Å². The summed E-state index contributed by atoms with van der Waals surface area (Å²) in [6.45, 7) is -0.940. The fourth-order valence-electron chi connectivity index (χ4n) is 4.17. The van der Waals surface area contributed by atoms with Gasteiger partial charge in [-0.25, -0.2) is 0 Å². The third-order valence-electron chi connectivity index (χ3n) is 5.72. The Kier molecular flexibility index (Phi) is 6.90. The Labute approximate surface area is 190 Å². The molecule has 2 atom stereocenters. The predicted molar refractivity (Wildman–Crippen MR) is 119 cm³/mol. The second-order valence-corrected chi connectivity index (χ2v) is 9.00. The quantitative estimate of drug-likeness (QED) is 0.511. The van der Waals surface area contributed by atoms with Crippen LogP contribution in [0.4, 0.5) is 5.69 Å². The highest BCUT2D eigenvalue weighted by molar-refractivity contribution is 7.99. The molecule has 2 aromatic carbocycles. The van der Waals surface area contributed by atoms with E-state index in [0.717, 1.165) is 27.5 Å². The average Bonchev–Trinajstić information content (AvgIpc) is 3.05. The van der Waals surface area contributed by atoms with Crippen molar-refractivity contribution in [1.29, 1.82) is 0 Å². The number of para-hydroxylation sites is 1. The molecule has 166 valence electrons. The highest BCUT2D eigenvalue weighted by Crippen LogP contribution is 2.38. The van der Waals surface area contributed by atoms with Crippen molar-refractivity contribution in [3.63, 3.8) is 0 Å². The van der Waals surface area contributed by atoms with E-state index in [1.807, 2.05) is 42.5 Å². The van der Waals surface area contributed by atoms with Gasteiger partial charge in [0.1, 0.15) is 6.54 Å². The lowest BCUT2D eigenvalue weighted by Crippen LogP contribution is -2.37. The first-order valence-electron chi connectivity index (χ1n) is 10.7. The van der Waals surface area contributed by atoms with Gasteiger partial charge in [-0.05, 0) is 37.1 Å². The van der Waals surface area contributed by atoms with Crippen molar-refractivity contribution in [2.45, 2.75) is 35.5 Å². The van der Waals surface area contributed by atoms with Gasteiger partial charge in [-0.2, -0.15) is 0 Å². The molecule has 0 spiro atoms. The molecule has 2 aromatic rings. The summed E-state index contributed by atoms with van der Waals surface area (Å²) < 4.78 is 5.04. The van der Waals surface area contributed by atoms with E-state index in [2.05, 4.69) is 5.32 Å². The highest BCUT2D eigenvalue weighted by atomic mass is 32.2. The van der Waals surface area contributed by atoms with Crippen molar-refractivity contribution in [3.05, 3.63) is 54.6 Å². The van der Waals surface area contributed by atoms with Crippen LogP contribution in [0.15, 0.2) is 64.4 Å². The molecule has 0 aromatic heterocycles. The maximum atomic E-state index is 12.5. The Bertz CT molecular complexity index is 1000. The zero-order valence-corrected chi connectivity index (χ0v) is 18.3. The number of benzene rings is 2. The van der Waals surface area contributed by atoms with Crippen LogP contribution >= 0.6 is 11.8 Å². The number of rotatable bonds is 7. The number of likely N-dealkylation sites (tertiary alicyclic amines) is 1. The van der Waals surface area contributed by atoms with Gasteiger partial charge in [-0.1, -0.05) is 54.9 Å². The van der Waals surface area contributed by atoms with Crippen molar-refractivity contribution >= 4 is 41.1 Å². The van der Waals surface area contributed by atoms with Gasteiger partial charge in [-0.15, -0.1) is 0 Å². The fraction of sp³-hybridized carbons (Fsp3) is 0.333. The molecule has 1 aliphatic carbocycles. The summed E-state index contributed by atoms with van der Waals surface area (Å²) in [5.74, 6) is -2.49. The van der Waals surface area contributed by atoms with Crippen LogP contribution in [-0.4, -0.2) is 41.7 Å². The number of fused-ring (bicyclic) bond motifs is 1. The van der Waals surface area contributed by atoms with Gasteiger partial charge in [0, 0.05) is 9.79 Å². The molecule has 1 heterocycles. The van der Waals surface area contributed by atoms with E-state index in [0.29, 0.717) is 18.5 Å². The molecule has 0 bridgehead atoms. The fourth-order valence-corrected chi connectivity index (χ4v) is 5.09. The van der Waals surface area contributed by atoms with E-state index in [1.54, 1.807) is 12.1 Å². The van der Waals surface area contributed by atoms with Gasteiger partial charge in [0.05, 0.1) is 17.5 Å². The molecule has 1 saturated heterocycles. The molecule has 1 aliphatic heterocycles. The van der Waals surface area contributed by atoms with E-state index in [-0.39, 0.29) is 23.7 Å². The summed E-state index contributed by atoms with van der Waals surface area (Å²) in [6, 6.07) is 17.1. The third-order valence-corrected chi connectivity index (χ3v) is 6.80. The summed E-state index contributed by atoms with van der Waals surface area (Å²) >= 11 is 1.51. The van der Waals surface area contributed by atoms with Crippen LogP contribution < -0.4 is 5.32 Å². The number of imide groups is 1. The van der Waals surface area contributed by atoms with Crippen molar-refractivity contribution in [2.24, 2.45) is 11.8 Å². The standard InChI is InChI=1S/C24H24N2O5S/c27-21(25-19-12-6-7-13-20(19)32-16-8-2-1-3-9-16)15-31-22(28)14-26-23(29)17-10-4-5-11-18(17)24(26)30/h1-3,6-9,12-13,17-18H,4-5,10-11,14-15H2,(H,25,27)/t17-,18-/m1/s1. The molecule has 2 fully saturated rings. The lowest BCUT2D eigenvalue weighted by molar-refractivity contribution is -0.154. The number of carbonyl (C=O) groups is 4. The minimum Gasteiger partial charge on any atom is -0.454 e. The largest absolute Gasteiger partial charge is 0.454 e. The lowest BCUT2D eigenvalue weighted by atomic mass is 9.81. The van der Waals surface area contributed by atoms with E-state index >= 15 is 0 Å². The molecule has 1 N–H and O–H groups in total. The summed E-state index contributed by atoms with van der Waals surface area (Å²) in [6.07, 6.45) is 3.21. The Hall–Kier alpha value is -3.13. The van der Waals surface area contributed by atoms with Crippen molar-refractivity contribution in [3.8, 4) is 0 Å². The zero-order chi connectivity index (χ0) is 22.5. The van der Waals surface area contributed by atoms with Crippen molar-refractivity contribution in [1.82, 2.24) is 4.90 Å². The predicted octanol–water partition coefficient (Wildman–Crippen LogP) is 3.49. The highest BCUT2D eigenvalue weighted by Gasteiger charge is 2.48. The molecule has 2 aliphatic rings. The minimum atomic E-state index is -0.771. The monoisotopic (exact) mass is 452 g/mol. The molecule has 0 radical (unpaired) electrons. The minimum absolute atomic E-state index is 0.298. The summed E-state index contributed by atoms with van der Waals surface area (Å²) in [5.41, 5.74) is 0.608. The number of hydrogen-bond acceptors (Lipinski definition) is 6. The number of amides is 3. The van der Waals surface area contributed by atoms with E-state index in [1.165, 1.54) is 11.8 Å². The maximum Gasteiger partial charge on any atom is 0.326 e. The Morgan fingerprint density at radius 1 is 0.938 bits per heavy atom. The summed E-state index contributed by atoms with van der Waals surface area (Å²) in [4.78, 5) is 52.4. The number of ether oxygens (including phenoxy) is 1. The van der Waals surface area contributed by atoms with Crippen LogP contribution in [0.1, 0.15) is 25.7 Å². The third kappa shape index (κ3) is 5.02. The molecule has 3 amide bonds. The zero-order valence-electron chi connectivity index (χ0n) is 17.5. The maximum absolute atomic E-state index is 12.5. The van der Waals surface area contributed by atoms with Gasteiger partial charge >= 0.3 is 5.97 Å². The van der Waals surface area contributed by atoms with Crippen molar-refractivity contribution in [2.75, 3.05) is 18.5 Å². The smallest absolute Gasteiger partial charge is 0.326 e.